The summed E-state index contributed by atoms with van der Waals surface area (Å²) >= 11 is 0. The summed E-state index contributed by atoms with van der Waals surface area (Å²) in [5, 5.41) is 10.8. The van der Waals surface area contributed by atoms with Crippen molar-refractivity contribution >= 4 is 0 Å². The van der Waals surface area contributed by atoms with Crippen LogP contribution in [-0.4, -0.2) is 23.9 Å². The Morgan fingerprint density at radius 3 is 2.33 bits per heavy atom. The molecule has 3 heteroatoms. The summed E-state index contributed by atoms with van der Waals surface area (Å²) in [5.41, 5.74) is -0.323. The van der Waals surface area contributed by atoms with E-state index in [0.29, 0.717) is 18.6 Å². The molecule has 0 aromatic heterocycles. The Bertz CT molecular complexity index is 685. The molecule has 1 N–H and O–H groups in total. The maximum absolute atomic E-state index is 10.8. The summed E-state index contributed by atoms with van der Waals surface area (Å²) in [4.78, 5) is 0. The maximum atomic E-state index is 10.8. The maximum Gasteiger partial charge on any atom is 0.165 e. The highest BCUT2D eigenvalue weighted by Crippen LogP contribution is 2.25. The van der Waals surface area contributed by atoms with Gasteiger partial charge in [0.25, 0.3) is 0 Å². The van der Waals surface area contributed by atoms with Crippen molar-refractivity contribution in [2.24, 2.45) is 0 Å². The summed E-state index contributed by atoms with van der Waals surface area (Å²) in [7, 11) is 1.60. The van der Waals surface area contributed by atoms with Gasteiger partial charge in [-0.1, -0.05) is 42.8 Å². The molecule has 24 heavy (non-hydrogen) atoms. The van der Waals surface area contributed by atoms with Crippen molar-refractivity contribution < 1.29 is 14.6 Å². The van der Waals surface area contributed by atoms with Crippen LogP contribution < -0.4 is 9.47 Å². The van der Waals surface area contributed by atoms with Crippen molar-refractivity contribution in [3.05, 3.63) is 72.8 Å². The second kappa shape index (κ2) is 8.24. The molecular weight excluding hydrogens is 300 g/mol. The fraction of sp³-hybridized carbons (Fsp3) is 0.238. The van der Waals surface area contributed by atoms with Gasteiger partial charge < -0.3 is 14.6 Å². The Morgan fingerprint density at radius 1 is 1.17 bits per heavy atom. The summed E-state index contributed by atoms with van der Waals surface area (Å²) in [6.07, 6.45) is 7.45. The molecule has 2 aromatic rings. The van der Waals surface area contributed by atoms with E-state index < -0.39 is 11.7 Å². The standard InChI is InChI=1S/C21H22O3/c1-4-20(24-19-13-11-18(23-3)12-14-19)21(22,5-2)16-15-17-9-7-6-8-10-17/h2,4,6-14,20,22H,1,15-16H2,3H3/t20-,21-/m0/s1. The molecule has 2 atom stereocenters. The van der Waals surface area contributed by atoms with Crippen LogP contribution in [0.1, 0.15) is 12.0 Å². The third-order valence-corrected chi connectivity index (χ3v) is 3.89. The van der Waals surface area contributed by atoms with Crippen molar-refractivity contribution in [1.29, 1.82) is 0 Å². The molecule has 0 aliphatic rings. The molecule has 0 bridgehead atoms. The monoisotopic (exact) mass is 322 g/mol. The lowest BCUT2D eigenvalue weighted by Gasteiger charge is -2.30. The summed E-state index contributed by atoms with van der Waals surface area (Å²) in [6, 6.07) is 17.0. The molecule has 2 rings (SSSR count). The van der Waals surface area contributed by atoms with Crippen LogP contribution in [-0.2, 0) is 6.42 Å². The molecule has 0 aliphatic carbocycles. The van der Waals surface area contributed by atoms with Gasteiger partial charge in [0.15, 0.2) is 11.7 Å². The number of aryl methyl sites for hydroxylation is 1. The molecule has 0 unspecified atom stereocenters. The van der Waals surface area contributed by atoms with Crippen molar-refractivity contribution in [2.75, 3.05) is 7.11 Å². The Morgan fingerprint density at radius 2 is 1.79 bits per heavy atom. The van der Waals surface area contributed by atoms with Gasteiger partial charge >= 0.3 is 0 Å². The molecular formula is C21H22O3. The first-order chi connectivity index (χ1) is 11.6. The van der Waals surface area contributed by atoms with Crippen LogP contribution in [0, 0.1) is 12.3 Å². The van der Waals surface area contributed by atoms with E-state index in [9.17, 15) is 5.11 Å². The zero-order valence-electron chi connectivity index (χ0n) is 13.8. The highest BCUT2D eigenvalue weighted by atomic mass is 16.5. The van der Waals surface area contributed by atoms with Crippen molar-refractivity contribution in [2.45, 2.75) is 24.5 Å². The molecule has 0 saturated heterocycles. The smallest absolute Gasteiger partial charge is 0.165 e. The molecule has 0 aliphatic heterocycles. The third-order valence-electron chi connectivity index (χ3n) is 3.89. The SMILES string of the molecule is C#C[C@](O)(CCc1ccccc1)[C@H](C=C)Oc1ccc(OC)cc1. The van der Waals surface area contributed by atoms with Crippen LogP contribution in [0.2, 0.25) is 0 Å². The van der Waals surface area contributed by atoms with Crippen LogP contribution in [0.3, 0.4) is 0 Å². The number of hydrogen-bond donors (Lipinski definition) is 1. The Kier molecular flexibility index (Phi) is 6.06. The molecule has 3 nitrogen and oxygen atoms in total. The van der Waals surface area contributed by atoms with E-state index in [1.807, 2.05) is 30.3 Å². The van der Waals surface area contributed by atoms with E-state index in [1.54, 1.807) is 31.4 Å². The van der Waals surface area contributed by atoms with Crippen LogP contribution >= 0.6 is 0 Å². The van der Waals surface area contributed by atoms with Gasteiger partial charge in [0.2, 0.25) is 0 Å². The number of rotatable bonds is 8. The highest BCUT2D eigenvalue weighted by Gasteiger charge is 2.34. The van der Waals surface area contributed by atoms with Crippen LogP contribution in [0.15, 0.2) is 67.3 Å². The van der Waals surface area contributed by atoms with E-state index in [2.05, 4.69) is 12.5 Å². The van der Waals surface area contributed by atoms with E-state index in [1.165, 1.54) is 6.08 Å². The molecule has 0 amide bonds. The first kappa shape index (κ1) is 17.7. The molecule has 124 valence electrons. The highest BCUT2D eigenvalue weighted by molar-refractivity contribution is 5.32. The number of aliphatic hydroxyl groups is 1. The second-order valence-electron chi connectivity index (χ2n) is 5.50. The average molecular weight is 322 g/mol. The molecule has 0 spiro atoms. The predicted octanol–water partition coefficient (Wildman–Crippen LogP) is 3.63. The van der Waals surface area contributed by atoms with Crippen molar-refractivity contribution in [3.8, 4) is 23.8 Å². The molecule has 0 heterocycles. The number of methoxy groups -OCH3 is 1. The number of terminal acetylenes is 1. The number of hydrogen-bond acceptors (Lipinski definition) is 3. The second-order valence-corrected chi connectivity index (χ2v) is 5.50. The summed E-state index contributed by atoms with van der Waals surface area (Å²) in [5.74, 6) is 3.80. The zero-order chi connectivity index (χ0) is 17.4. The minimum atomic E-state index is -1.43. The van der Waals surface area contributed by atoms with E-state index in [0.717, 1.165) is 11.3 Å². The van der Waals surface area contributed by atoms with Crippen molar-refractivity contribution in [3.63, 3.8) is 0 Å². The zero-order valence-corrected chi connectivity index (χ0v) is 13.8. The lowest BCUT2D eigenvalue weighted by molar-refractivity contribution is 0.00122. The normalized spacial score (nSPS) is 14.0. The Balaban J connectivity index is 2.09. The van der Waals surface area contributed by atoms with Gasteiger partial charge in [-0.05, 0) is 48.7 Å². The predicted molar refractivity (Wildman–Crippen MR) is 96.2 cm³/mol. The first-order valence-corrected chi connectivity index (χ1v) is 7.78. The molecule has 2 aromatic carbocycles. The minimum absolute atomic E-state index is 0.375. The van der Waals surface area contributed by atoms with E-state index in [-0.39, 0.29) is 0 Å². The van der Waals surface area contributed by atoms with E-state index >= 15 is 0 Å². The molecule has 0 fully saturated rings. The quantitative estimate of drug-likeness (QED) is 0.596. The summed E-state index contributed by atoms with van der Waals surface area (Å²) < 4.78 is 11.0. The van der Waals surface area contributed by atoms with Crippen molar-refractivity contribution in [1.82, 2.24) is 0 Å². The van der Waals surface area contributed by atoms with E-state index in [4.69, 9.17) is 15.9 Å². The topological polar surface area (TPSA) is 38.7 Å². The van der Waals surface area contributed by atoms with Gasteiger partial charge in [0.05, 0.1) is 7.11 Å². The van der Waals surface area contributed by atoms with Gasteiger partial charge in [-0.25, -0.2) is 0 Å². The largest absolute Gasteiger partial charge is 0.497 e. The summed E-state index contributed by atoms with van der Waals surface area (Å²) in [6.45, 7) is 3.75. The Labute approximate surface area is 143 Å². The van der Waals surface area contributed by atoms with Gasteiger partial charge in [0.1, 0.15) is 11.5 Å². The minimum Gasteiger partial charge on any atom is -0.497 e. The van der Waals surface area contributed by atoms with Gasteiger partial charge in [0, 0.05) is 0 Å². The lowest BCUT2D eigenvalue weighted by Crippen LogP contribution is -2.43. The van der Waals surface area contributed by atoms with Crippen LogP contribution in [0.25, 0.3) is 0 Å². The fourth-order valence-corrected chi connectivity index (χ4v) is 2.42. The van der Waals surface area contributed by atoms with Gasteiger partial charge in [-0.15, -0.1) is 6.42 Å². The Hall–Kier alpha value is -2.70. The van der Waals surface area contributed by atoms with Crippen LogP contribution in [0.5, 0.6) is 11.5 Å². The fourth-order valence-electron chi connectivity index (χ4n) is 2.42. The molecule has 0 saturated carbocycles. The number of benzene rings is 2. The average Bonchev–Trinajstić information content (AvgIpc) is 2.65. The van der Waals surface area contributed by atoms with Gasteiger partial charge in [-0.2, -0.15) is 0 Å². The molecule has 0 radical (unpaired) electrons. The number of ether oxygens (including phenoxy) is 2. The first-order valence-electron chi connectivity index (χ1n) is 7.78. The lowest BCUT2D eigenvalue weighted by atomic mass is 9.90. The van der Waals surface area contributed by atoms with Crippen LogP contribution in [0.4, 0.5) is 0 Å². The van der Waals surface area contributed by atoms with Gasteiger partial charge in [-0.3, -0.25) is 0 Å². The third kappa shape index (κ3) is 4.41.